The second-order valence-electron chi connectivity index (χ2n) is 10.1. The quantitative estimate of drug-likeness (QED) is 0.103. The number of carboxylic acids is 1. The summed E-state index contributed by atoms with van der Waals surface area (Å²) in [7, 11) is 0. The van der Waals surface area contributed by atoms with E-state index in [1.165, 1.54) is 5.69 Å². The zero-order valence-electron chi connectivity index (χ0n) is 24.6. The van der Waals surface area contributed by atoms with Crippen molar-refractivity contribution < 1.29 is 14.7 Å². The Bertz CT molecular complexity index is 1680. The summed E-state index contributed by atoms with van der Waals surface area (Å²) in [5.74, 6) is -1.49. The minimum absolute atomic E-state index is 0.252. The first-order valence-corrected chi connectivity index (χ1v) is 15.6. The van der Waals surface area contributed by atoms with E-state index in [-0.39, 0.29) is 10.2 Å². The fourth-order valence-corrected chi connectivity index (χ4v) is 6.23. The van der Waals surface area contributed by atoms with Crippen LogP contribution >= 0.6 is 24.0 Å². The van der Waals surface area contributed by atoms with Crippen LogP contribution in [0.4, 0.5) is 22.7 Å². The molecule has 1 N–H and O–H groups in total. The lowest BCUT2D eigenvalue weighted by molar-refractivity contribution is -0.140. The summed E-state index contributed by atoms with van der Waals surface area (Å²) in [5, 5.41) is 9.09. The molecule has 44 heavy (non-hydrogen) atoms. The molecule has 0 radical (unpaired) electrons. The molecule has 1 saturated heterocycles. The van der Waals surface area contributed by atoms with Crippen molar-refractivity contribution in [1.29, 1.82) is 0 Å². The number of carboxylic acid groups (broad SMARTS) is 1. The van der Waals surface area contributed by atoms with Gasteiger partial charge in [-0.2, -0.15) is 0 Å². The van der Waals surface area contributed by atoms with Crippen molar-refractivity contribution in [1.82, 2.24) is 4.90 Å². The summed E-state index contributed by atoms with van der Waals surface area (Å²) in [5.41, 5.74) is 7.31. The van der Waals surface area contributed by atoms with Gasteiger partial charge in [0, 0.05) is 35.8 Å². The number of thiocarbonyl (C=S) groups is 1. The Labute approximate surface area is 267 Å². The molecule has 222 valence electrons. The van der Waals surface area contributed by atoms with Gasteiger partial charge in [-0.25, -0.2) is 0 Å². The monoisotopic (exact) mass is 619 g/mol. The standard InChI is InChI=1S/C36H33N3O3S2/c1-3-37(4-2)29-18-12-26(13-19-29)10-11-27-14-20-31(21-15-27)39(30-8-6-5-7-9-30)32-22-16-28(17-23-32)24-33-35(42)38(25-34(40)41)36(43)44-33/h5-24H,3-4,25H2,1-2H3,(H,40,41). The Hall–Kier alpha value is -4.66. The molecule has 6 nitrogen and oxygen atoms in total. The topological polar surface area (TPSA) is 64.1 Å². The van der Waals surface area contributed by atoms with Gasteiger partial charge in [0.1, 0.15) is 10.9 Å². The van der Waals surface area contributed by atoms with Crippen molar-refractivity contribution in [2.24, 2.45) is 0 Å². The molecule has 4 aromatic carbocycles. The van der Waals surface area contributed by atoms with E-state index in [1.54, 1.807) is 6.08 Å². The summed E-state index contributed by atoms with van der Waals surface area (Å²) >= 11 is 6.33. The molecule has 0 atom stereocenters. The predicted octanol–water partition coefficient (Wildman–Crippen LogP) is 8.46. The van der Waals surface area contributed by atoms with Crippen LogP contribution in [0.2, 0.25) is 0 Å². The average Bonchev–Trinajstić information content (AvgIpc) is 3.30. The molecule has 0 aromatic heterocycles. The molecule has 1 aliphatic rings. The van der Waals surface area contributed by atoms with E-state index >= 15 is 0 Å². The zero-order chi connectivity index (χ0) is 31.1. The largest absolute Gasteiger partial charge is 0.480 e. The lowest BCUT2D eigenvalue weighted by Gasteiger charge is -2.25. The van der Waals surface area contributed by atoms with Crippen LogP contribution in [0.1, 0.15) is 30.5 Å². The van der Waals surface area contributed by atoms with Gasteiger partial charge in [-0.05, 0) is 85.1 Å². The van der Waals surface area contributed by atoms with E-state index in [2.05, 4.69) is 96.5 Å². The number of carbonyl (C=O) groups is 2. The second kappa shape index (κ2) is 14.2. The van der Waals surface area contributed by atoms with E-state index in [1.807, 2.05) is 42.5 Å². The first-order chi connectivity index (χ1) is 21.4. The van der Waals surface area contributed by atoms with E-state index in [0.717, 1.165) is 63.5 Å². The summed E-state index contributed by atoms with van der Waals surface area (Å²) in [6, 6.07) is 35.1. The molecule has 0 unspecified atom stereocenters. The van der Waals surface area contributed by atoms with Gasteiger partial charge in [0.2, 0.25) is 0 Å². The number of thioether (sulfide) groups is 1. The van der Waals surface area contributed by atoms with E-state index in [0.29, 0.717) is 4.91 Å². The third kappa shape index (κ3) is 7.27. The van der Waals surface area contributed by atoms with E-state index in [9.17, 15) is 9.59 Å². The summed E-state index contributed by atoms with van der Waals surface area (Å²) < 4.78 is 0.252. The number of para-hydroxylation sites is 1. The molecule has 0 spiro atoms. The summed E-state index contributed by atoms with van der Waals surface area (Å²) in [6.45, 7) is 5.88. The van der Waals surface area contributed by atoms with Crippen LogP contribution < -0.4 is 9.80 Å². The van der Waals surface area contributed by atoms with Crippen molar-refractivity contribution in [3.8, 4) is 0 Å². The molecule has 4 aromatic rings. The van der Waals surface area contributed by atoms with E-state index in [4.69, 9.17) is 17.3 Å². The summed E-state index contributed by atoms with van der Waals surface area (Å²) in [4.78, 5) is 29.8. The highest BCUT2D eigenvalue weighted by molar-refractivity contribution is 8.26. The minimum atomic E-state index is -1.10. The molecule has 1 aliphatic heterocycles. The lowest BCUT2D eigenvalue weighted by atomic mass is 10.1. The Balaban J connectivity index is 1.35. The molecule has 0 bridgehead atoms. The van der Waals surface area contributed by atoms with Crippen LogP contribution in [0.25, 0.3) is 18.2 Å². The molecule has 1 fully saturated rings. The fourth-order valence-electron chi connectivity index (χ4n) is 4.98. The molecule has 1 heterocycles. The molecule has 0 saturated carbocycles. The van der Waals surface area contributed by atoms with Crippen LogP contribution in [-0.2, 0) is 9.59 Å². The average molecular weight is 620 g/mol. The first-order valence-electron chi connectivity index (χ1n) is 14.4. The second-order valence-corrected chi connectivity index (χ2v) is 11.8. The van der Waals surface area contributed by atoms with Gasteiger partial charge in [0.25, 0.3) is 5.91 Å². The molecule has 0 aliphatic carbocycles. The van der Waals surface area contributed by atoms with Crippen LogP contribution in [-0.4, -0.2) is 45.8 Å². The van der Waals surface area contributed by atoms with Crippen LogP contribution in [0.5, 0.6) is 0 Å². The Kier molecular flexibility index (Phi) is 9.94. The highest BCUT2D eigenvalue weighted by Gasteiger charge is 2.33. The molecular formula is C36H33N3O3S2. The SMILES string of the molecule is CCN(CC)c1ccc(C=Cc2ccc(N(c3ccccc3)c3ccc(C=C4SC(=S)N(CC(=O)O)C4=O)cc3)cc2)cc1. The minimum Gasteiger partial charge on any atom is -0.480 e. The highest BCUT2D eigenvalue weighted by Crippen LogP contribution is 2.36. The third-order valence-corrected chi connectivity index (χ3v) is 8.65. The number of benzene rings is 4. The van der Waals surface area contributed by atoms with Crippen molar-refractivity contribution in [2.75, 3.05) is 29.4 Å². The van der Waals surface area contributed by atoms with Crippen LogP contribution in [0.15, 0.2) is 108 Å². The van der Waals surface area contributed by atoms with Gasteiger partial charge < -0.3 is 14.9 Å². The van der Waals surface area contributed by atoms with Gasteiger partial charge in [-0.1, -0.05) is 90.7 Å². The maximum absolute atomic E-state index is 12.7. The lowest BCUT2D eigenvalue weighted by Crippen LogP contribution is -2.33. The van der Waals surface area contributed by atoms with Gasteiger partial charge >= 0.3 is 5.97 Å². The maximum atomic E-state index is 12.7. The van der Waals surface area contributed by atoms with Crippen molar-refractivity contribution in [2.45, 2.75) is 13.8 Å². The van der Waals surface area contributed by atoms with Gasteiger partial charge in [0.05, 0.1) is 4.91 Å². The number of hydrogen-bond acceptors (Lipinski definition) is 6. The fraction of sp³-hybridized carbons (Fsp3) is 0.139. The Morgan fingerprint density at radius 1 is 0.750 bits per heavy atom. The third-order valence-electron chi connectivity index (χ3n) is 7.27. The van der Waals surface area contributed by atoms with Gasteiger partial charge in [0.15, 0.2) is 0 Å². The molecular weight excluding hydrogens is 587 g/mol. The number of amides is 1. The van der Waals surface area contributed by atoms with Gasteiger partial charge in [-0.15, -0.1) is 0 Å². The number of nitrogens with zero attached hydrogens (tertiary/aromatic N) is 3. The molecule has 5 rings (SSSR count). The highest BCUT2D eigenvalue weighted by atomic mass is 32.2. The van der Waals surface area contributed by atoms with Crippen molar-refractivity contribution in [3.63, 3.8) is 0 Å². The summed E-state index contributed by atoms with van der Waals surface area (Å²) in [6.07, 6.45) is 6.00. The molecule has 1 amide bonds. The van der Waals surface area contributed by atoms with E-state index < -0.39 is 12.5 Å². The Morgan fingerprint density at radius 3 is 1.73 bits per heavy atom. The molecule has 8 heteroatoms. The number of carbonyl (C=O) groups excluding carboxylic acids is 1. The van der Waals surface area contributed by atoms with Crippen LogP contribution in [0, 0.1) is 0 Å². The maximum Gasteiger partial charge on any atom is 0.323 e. The Morgan fingerprint density at radius 2 is 1.23 bits per heavy atom. The normalized spacial score (nSPS) is 14.0. The van der Waals surface area contributed by atoms with Gasteiger partial charge in [-0.3, -0.25) is 14.5 Å². The first kappa shape index (κ1) is 30.8. The van der Waals surface area contributed by atoms with Crippen LogP contribution in [0.3, 0.4) is 0 Å². The van der Waals surface area contributed by atoms with Crippen molar-refractivity contribution in [3.05, 3.63) is 125 Å². The predicted molar refractivity (Wildman–Crippen MR) is 188 cm³/mol. The number of rotatable bonds is 11. The number of aliphatic carboxylic acids is 1. The van der Waals surface area contributed by atoms with Crippen molar-refractivity contribution >= 4 is 81.2 Å². The zero-order valence-corrected chi connectivity index (χ0v) is 26.2. The number of anilines is 4. The number of hydrogen-bond donors (Lipinski definition) is 1. The smallest absolute Gasteiger partial charge is 0.323 e.